The molecule has 162 valence electrons. The lowest BCUT2D eigenvalue weighted by atomic mass is 9.96. The molecule has 5 rings (SSSR count). The molecule has 0 amide bonds. The van der Waals surface area contributed by atoms with E-state index in [4.69, 9.17) is 9.51 Å². The van der Waals surface area contributed by atoms with Gasteiger partial charge in [0.1, 0.15) is 5.76 Å². The highest BCUT2D eigenvalue weighted by Crippen LogP contribution is 2.37. The molecule has 0 atom stereocenters. The van der Waals surface area contributed by atoms with E-state index in [0.717, 1.165) is 82.6 Å². The van der Waals surface area contributed by atoms with E-state index in [2.05, 4.69) is 50.2 Å². The van der Waals surface area contributed by atoms with Gasteiger partial charge < -0.3 is 19.3 Å². The number of hydrogen-bond acceptors (Lipinski definition) is 6. The number of fused-ring (bicyclic) bond motifs is 1. The average molecular weight is 419 g/mol. The molecule has 0 spiro atoms. The van der Waals surface area contributed by atoms with Gasteiger partial charge in [0.15, 0.2) is 0 Å². The molecule has 7 heteroatoms. The van der Waals surface area contributed by atoms with Gasteiger partial charge in [-0.25, -0.2) is 4.98 Å². The van der Waals surface area contributed by atoms with Crippen LogP contribution in [-0.2, 0) is 0 Å². The van der Waals surface area contributed by atoms with Gasteiger partial charge in [-0.2, -0.15) is 0 Å². The summed E-state index contributed by atoms with van der Waals surface area (Å²) in [6.07, 6.45) is 1.83. The van der Waals surface area contributed by atoms with Gasteiger partial charge in [0.2, 0.25) is 5.95 Å². The Labute approximate surface area is 183 Å². The maximum absolute atomic E-state index is 5.44. The van der Waals surface area contributed by atoms with Crippen LogP contribution in [0.5, 0.6) is 0 Å². The number of anilines is 1. The van der Waals surface area contributed by atoms with E-state index >= 15 is 0 Å². The summed E-state index contributed by atoms with van der Waals surface area (Å²) < 4.78 is 5.44. The lowest BCUT2D eigenvalue weighted by Crippen LogP contribution is -2.44. The van der Waals surface area contributed by atoms with Crippen LogP contribution >= 0.6 is 0 Å². The Morgan fingerprint density at radius 1 is 1.00 bits per heavy atom. The molecule has 31 heavy (non-hydrogen) atoms. The van der Waals surface area contributed by atoms with Gasteiger partial charge in [0.25, 0.3) is 0 Å². The summed E-state index contributed by atoms with van der Waals surface area (Å²) in [5, 5.41) is 4.15. The van der Waals surface area contributed by atoms with Crippen molar-refractivity contribution in [2.24, 2.45) is 0 Å². The summed E-state index contributed by atoms with van der Waals surface area (Å²) in [7, 11) is 2.16. The first kappa shape index (κ1) is 21.1. The fraction of sp³-hybridized carbons (Fsp3) is 0.375. The van der Waals surface area contributed by atoms with Gasteiger partial charge in [-0.15, -0.1) is 0 Å². The second-order valence-corrected chi connectivity index (χ2v) is 8.11. The number of imidazole rings is 1. The zero-order chi connectivity index (χ0) is 20.8. The smallest absolute Gasteiger partial charge is 0.203 e. The minimum atomic E-state index is 0. The van der Waals surface area contributed by atoms with Crippen molar-refractivity contribution in [3.63, 3.8) is 0 Å². The SMILES string of the molecule is C.Cc1ncccc1-c1cc(-c2c(C)noc2C)cc2[nH]c(N3CCN(C)CC3)nc12. The van der Waals surface area contributed by atoms with Crippen molar-refractivity contribution in [2.75, 3.05) is 38.1 Å². The lowest BCUT2D eigenvalue weighted by molar-refractivity contribution is 0.311. The normalized spacial score (nSPS) is 14.8. The van der Waals surface area contributed by atoms with Crippen LogP contribution in [0.15, 0.2) is 35.0 Å². The monoisotopic (exact) mass is 418 g/mol. The molecule has 0 unspecified atom stereocenters. The van der Waals surface area contributed by atoms with E-state index < -0.39 is 0 Å². The Morgan fingerprint density at radius 2 is 1.77 bits per heavy atom. The van der Waals surface area contributed by atoms with Crippen molar-refractivity contribution in [2.45, 2.75) is 28.2 Å². The standard InChI is InChI=1S/C23H26N6O.CH4/c1-14-18(6-5-7-24-14)19-12-17(21-15(2)27-30-16(21)3)13-20-22(19)26-23(25-20)29-10-8-28(4)9-11-29;/h5-7,12-13H,8-11H2,1-4H3,(H,25,26);1H4. The highest BCUT2D eigenvalue weighted by atomic mass is 16.5. The molecule has 1 aromatic carbocycles. The molecule has 0 saturated carbocycles. The van der Waals surface area contributed by atoms with Crippen LogP contribution in [0.25, 0.3) is 33.3 Å². The maximum Gasteiger partial charge on any atom is 0.203 e. The lowest BCUT2D eigenvalue weighted by Gasteiger charge is -2.32. The van der Waals surface area contributed by atoms with E-state index in [1.807, 2.05) is 33.0 Å². The van der Waals surface area contributed by atoms with Gasteiger partial charge >= 0.3 is 0 Å². The van der Waals surface area contributed by atoms with Crippen LogP contribution in [0, 0.1) is 20.8 Å². The summed E-state index contributed by atoms with van der Waals surface area (Å²) in [6.45, 7) is 9.98. The molecule has 3 aromatic heterocycles. The van der Waals surface area contributed by atoms with Crippen LogP contribution < -0.4 is 4.90 Å². The van der Waals surface area contributed by atoms with Crippen molar-refractivity contribution in [3.05, 3.63) is 47.6 Å². The number of piperazine rings is 1. The Kier molecular flexibility index (Phi) is 5.54. The number of aromatic nitrogens is 4. The van der Waals surface area contributed by atoms with Crippen LogP contribution in [0.3, 0.4) is 0 Å². The fourth-order valence-electron chi connectivity index (χ4n) is 4.29. The highest BCUT2D eigenvalue weighted by Gasteiger charge is 2.21. The Morgan fingerprint density at radius 3 is 2.45 bits per heavy atom. The molecule has 1 saturated heterocycles. The summed E-state index contributed by atoms with van der Waals surface area (Å²) >= 11 is 0. The first-order chi connectivity index (χ1) is 14.5. The van der Waals surface area contributed by atoms with Gasteiger partial charge in [0.05, 0.1) is 16.7 Å². The number of nitrogens with zero attached hydrogens (tertiary/aromatic N) is 5. The molecule has 7 nitrogen and oxygen atoms in total. The Bertz CT molecular complexity index is 1200. The maximum atomic E-state index is 5.44. The number of aryl methyl sites for hydroxylation is 3. The number of pyridine rings is 1. The minimum absolute atomic E-state index is 0. The van der Waals surface area contributed by atoms with Crippen LogP contribution in [0.1, 0.15) is 24.6 Å². The van der Waals surface area contributed by atoms with E-state index in [1.165, 1.54) is 0 Å². The van der Waals surface area contributed by atoms with Gasteiger partial charge in [-0.1, -0.05) is 18.6 Å². The second-order valence-electron chi connectivity index (χ2n) is 8.11. The van der Waals surface area contributed by atoms with Crippen molar-refractivity contribution >= 4 is 17.0 Å². The Balaban J connectivity index is 0.00000231. The molecule has 1 N–H and O–H groups in total. The minimum Gasteiger partial charge on any atom is -0.361 e. The third-order valence-electron chi connectivity index (χ3n) is 6.00. The predicted molar refractivity (Wildman–Crippen MR) is 125 cm³/mol. The molecule has 4 heterocycles. The molecule has 4 aromatic rings. The first-order valence-electron chi connectivity index (χ1n) is 10.3. The average Bonchev–Trinajstić information content (AvgIpc) is 3.31. The summed E-state index contributed by atoms with van der Waals surface area (Å²) in [6, 6.07) is 8.43. The molecule has 1 fully saturated rings. The topological polar surface area (TPSA) is 74.1 Å². The predicted octanol–water partition coefficient (Wildman–Crippen LogP) is 4.59. The number of nitrogens with one attached hydrogen (secondary N) is 1. The van der Waals surface area contributed by atoms with E-state index in [0.29, 0.717) is 0 Å². The molecule has 0 aliphatic carbocycles. The fourth-order valence-corrected chi connectivity index (χ4v) is 4.29. The molecule has 1 aliphatic heterocycles. The van der Waals surface area contributed by atoms with Gasteiger partial charge in [0, 0.05) is 54.8 Å². The van der Waals surface area contributed by atoms with E-state index in [9.17, 15) is 0 Å². The summed E-state index contributed by atoms with van der Waals surface area (Å²) in [4.78, 5) is 17.8. The third-order valence-corrected chi connectivity index (χ3v) is 6.00. The van der Waals surface area contributed by atoms with Crippen molar-refractivity contribution < 1.29 is 4.52 Å². The zero-order valence-electron chi connectivity index (χ0n) is 17.9. The van der Waals surface area contributed by atoms with Crippen LogP contribution in [0.2, 0.25) is 0 Å². The molecular weight excluding hydrogens is 388 g/mol. The number of likely N-dealkylation sites (N-methyl/N-ethyl adjacent to an activating group) is 1. The largest absolute Gasteiger partial charge is 0.361 e. The first-order valence-corrected chi connectivity index (χ1v) is 10.3. The number of hydrogen-bond donors (Lipinski definition) is 1. The van der Waals surface area contributed by atoms with Crippen molar-refractivity contribution in [1.29, 1.82) is 0 Å². The third kappa shape index (κ3) is 3.70. The van der Waals surface area contributed by atoms with Crippen LogP contribution in [0.4, 0.5) is 5.95 Å². The summed E-state index contributed by atoms with van der Waals surface area (Å²) in [5.74, 6) is 1.75. The Hall–Kier alpha value is -3.19. The van der Waals surface area contributed by atoms with E-state index in [1.54, 1.807) is 0 Å². The van der Waals surface area contributed by atoms with Crippen molar-refractivity contribution in [1.82, 2.24) is 25.0 Å². The van der Waals surface area contributed by atoms with Crippen LogP contribution in [-0.4, -0.2) is 58.2 Å². The van der Waals surface area contributed by atoms with E-state index in [-0.39, 0.29) is 7.43 Å². The zero-order valence-corrected chi connectivity index (χ0v) is 17.9. The number of aromatic amines is 1. The molecule has 0 radical (unpaired) electrons. The second kappa shape index (κ2) is 8.15. The quantitative estimate of drug-likeness (QED) is 0.524. The highest BCUT2D eigenvalue weighted by molar-refractivity contribution is 5.97. The summed E-state index contributed by atoms with van der Waals surface area (Å²) in [5.41, 5.74) is 8.13. The molecule has 0 bridgehead atoms. The molecule has 1 aliphatic rings. The van der Waals surface area contributed by atoms with Gasteiger partial charge in [-0.05, 0) is 51.6 Å². The number of H-pyrrole nitrogens is 1. The number of benzene rings is 1. The molecular formula is C24H30N6O. The number of rotatable bonds is 3. The van der Waals surface area contributed by atoms with Crippen molar-refractivity contribution in [3.8, 4) is 22.3 Å². The van der Waals surface area contributed by atoms with Gasteiger partial charge in [-0.3, -0.25) is 4.98 Å².